The standard InChI is InChI=1S/C15H16ClFN2O/c1-20-15-7-6-13(10-14(15)16)19-9-8-18-12-4-2-11(17)3-5-12/h2-7,10,18-19H,8-9H2,1H3. The molecule has 0 fully saturated rings. The molecule has 0 radical (unpaired) electrons. The van der Waals surface area contributed by atoms with Crippen LogP contribution < -0.4 is 15.4 Å². The van der Waals surface area contributed by atoms with E-state index in [0.29, 0.717) is 10.8 Å². The molecule has 0 heterocycles. The number of hydrogen-bond acceptors (Lipinski definition) is 3. The summed E-state index contributed by atoms with van der Waals surface area (Å²) in [4.78, 5) is 0. The van der Waals surface area contributed by atoms with Crippen molar-refractivity contribution in [2.45, 2.75) is 0 Å². The van der Waals surface area contributed by atoms with Crippen molar-refractivity contribution in [3.05, 3.63) is 53.3 Å². The third kappa shape index (κ3) is 4.03. The van der Waals surface area contributed by atoms with Crippen LogP contribution in [0.3, 0.4) is 0 Å². The van der Waals surface area contributed by atoms with E-state index in [-0.39, 0.29) is 5.82 Å². The Morgan fingerprint density at radius 1 is 1.00 bits per heavy atom. The van der Waals surface area contributed by atoms with Crippen molar-refractivity contribution >= 4 is 23.0 Å². The van der Waals surface area contributed by atoms with E-state index < -0.39 is 0 Å². The van der Waals surface area contributed by atoms with Gasteiger partial charge in [-0.05, 0) is 42.5 Å². The van der Waals surface area contributed by atoms with E-state index in [0.717, 1.165) is 24.5 Å². The van der Waals surface area contributed by atoms with Gasteiger partial charge in [-0.3, -0.25) is 0 Å². The molecule has 106 valence electrons. The van der Waals surface area contributed by atoms with Crippen LogP contribution in [0, 0.1) is 5.82 Å². The molecule has 0 aromatic heterocycles. The van der Waals surface area contributed by atoms with Crippen molar-refractivity contribution in [2.24, 2.45) is 0 Å². The lowest BCUT2D eigenvalue weighted by atomic mass is 10.3. The summed E-state index contributed by atoms with van der Waals surface area (Å²) in [5.74, 6) is 0.420. The van der Waals surface area contributed by atoms with Crippen LogP contribution in [-0.4, -0.2) is 20.2 Å². The molecule has 2 N–H and O–H groups in total. The van der Waals surface area contributed by atoms with Gasteiger partial charge >= 0.3 is 0 Å². The first-order valence-corrected chi connectivity index (χ1v) is 6.63. The number of ether oxygens (including phenoxy) is 1. The van der Waals surface area contributed by atoms with Gasteiger partial charge in [0, 0.05) is 24.5 Å². The lowest BCUT2D eigenvalue weighted by Gasteiger charge is -2.10. The highest BCUT2D eigenvalue weighted by Crippen LogP contribution is 2.26. The number of anilines is 2. The minimum Gasteiger partial charge on any atom is -0.495 e. The Morgan fingerprint density at radius 3 is 2.20 bits per heavy atom. The molecule has 2 aromatic carbocycles. The van der Waals surface area contributed by atoms with Crippen molar-refractivity contribution < 1.29 is 9.13 Å². The predicted octanol–water partition coefficient (Wildman–Crippen LogP) is 4.01. The lowest BCUT2D eigenvalue weighted by Crippen LogP contribution is -2.13. The second-order valence-corrected chi connectivity index (χ2v) is 4.62. The maximum atomic E-state index is 12.7. The van der Waals surface area contributed by atoms with Crippen molar-refractivity contribution in [1.29, 1.82) is 0 Å². The van der Waals surface area contributed by atoms with Crippen LogP contribution >= 0.6 is 11.6 Å². The molecule has 0 unspecified atom stereocenters. The number of nitrogens with one attached hydrogen (secondary N) is 2. The lowest BCUT2D eigenvalue weighted by molar-refractivity contribution is 0.415. The average Bonchev–Trinajstić information content (AvgIpc) is 2.46. The van der Waals surface area contributed by atoms with Gasteiger partial charge in [0.2, 0.25) is 0 Å². The Balaban J connectivity index is 1.78. The number of hydrogen-bond donors (Lipinski definition) is 2. The molecule has 0 aliphatic rings. The van der Waals surface area contributed by atoms with Crippen molar-refractivity contribution in [1.82, 2.24) is 0 Å². The zero-order chi connectivity index (χ0) is 14.4. The smallest absolute Gasteiger partial charge is 0.137 e. The quantitative estimate of drug-likeness (QED) is 0.790. The minimum absolute atomic E-state index is 0.235. The van der Waals surface area contributed by atoms with Gasteiger partial charge in [-0.15, -0.1) is 0 Å². The SMILES string of the molecule is COc1ccc(NCCNc2ccc(F)cc2)cc1Cl. The van der Waals surface area contributed by atoms with Crippen LogP contribution in [0.5, 0.6) is 5.75 Å². The van der Waals surface area contributed by atoms with Crippen LogP contribution in [0.2, 0.25) is 5.02 Å². The molecular formula is C15H16ClFN2O. The molecule has 5 heteroatoms. The zero-order valence-electron chi connectivity index (χ0n) is 11.1. The monoisotopic (exact) mass is 294 g/mol. The van der Waals surface area contributed by atoms with Gasteiger partial charge in [0.05, 0.1) is 12.1 Å². The first kappa shape index (κ1) is 14.5. The zero-order valence-corrected chi connectivity index (χ0v) is 11.9. The Bertz CT molecular complexity index is 560. The number of methoxy groups -OCH3 is 1. The first-order chi connectivity index (χ1) is 9.69. The van der Waals surface area contributed by atoms with Crippen LogP contribution in [0.15, 0.2) is 42.5 Å². The Kier molecular flexibility index (Phi) is 5.07. The summed E-state index contributed by atoms with van der Waals surface area (Å²) in [6, 6.07) is 11.8. The number of rotatable bonds is 6. The Hall–Kier alpha value is -1.94. The van der Waals surface area contributed by atoms with Crippen molar-refractivity contribution in [2.75, 3.05) is 30.8 Å². The Morgan fingerprint density at radius 2 is 1.60 bits per heavy atom. The number of benzene rings is 2. The van der Waals surface area contributed by atoms with Gasteiger partial charge < -0.3 is 15.4 Å². The van der Waals surface area contributed by atoms with Gasteiger partial charge in [0.15, 0.2) is 0 Å². The van der Waals surface area contributed by atoms with Gasteiger partial charge in [-0.1, -0.05) is 11.6 Å². The average molecular weight is 295 g/mol. The van der Waals surface area contributed by atoms with E-state index in [1.165, 1.54) is 12.1 Å². The van der Waals surface area contributed by atoms with E-state index in [1.54, 1.807) is 19.2 Å². The highest BCUT2D eigenvalue weighted by Gasteiger charge is 2.01. The van der Waals surface area contributed by atoms with Crippen LogP contribution in [-0.2, 0) is 0 Å². The molecule has 0 saturated heterocycles. The van der Waals surface area contributed by atoms with Gasteiger partial charge in [-0.2, -0.15) is 0 Å². The molecule has 3 nitrogen and oxygen atoms in total. The van der Waals surface area contributed by atoms with Gasteiger partial charge in [0.25, 0.3) is 0 Å². The third-order valence-electron chi connectivity index (χ3n) is 2.78. The summed E-state index contributed by atoms with van der Waals surface area (Å²) in [6.07, 6.45) is 0. The van der Waals surface area contributed by atoms with E-state index in [9.17, 15) is 4.39 Å². The second-order valence-electron chi connectivity index (χ2n) is 4.21. The summed E-state index contributed by atoms with van der Waals surface area (Å²) < 4.78 is 17.8. The summed E-state index contributed by atoms with van der Waals surface area (Å²) in [5.41, 5.74) is 1.82. The second kappa shape index (κ2) is 7.01. The van der Waals surface area contributed by atoms with E-state index >= 15 is 0 Å². The molecule has 2 aromatic rings. The molecule has 20 heavy (non-hydrogen) atoms. The molecule has 2 rings (SSSR count). The van der Waals surface area contributed by atoms with Crippen LogP contribution in [0.25, 0.3) is 0 Å². The molecule has 0 atom stereocenters. The fourth-order valence-corrected chi connectivity index (χ4v) is 2.02. The summed E-state index contributed by atoms with van der Waals surface area (Å²) >= 11 is 6.04. The van der Waals surface area contributed by atoms with Crippen LogP contribution in [0.1, 0.15) is 0 Å². The van der Waals surface area contributed by atoms with E-state index in [4.69, 9.17) is 16.3 Å². The largest absolute Gasteiger partial charge is 0.495 e. The topological polar surface area (TPSA) is 33.3 Å². The van der Waals surface area contributed by atoms with Gasteiger partial charge in [0.1, 0.15) is 11.6 Å². The predicted molar refractivity (Wildman–Crippen MR) is 81.4 cm³/mol. The molecule has 0 aliphatic heterocycles. The van der Waals surface area contributed by atoms with E-state index in [1.807, 2.05) is 18.2 Å². The number of halogens is 2. The third-order valence-corrected chi connectivity index (χ3v) is 3.07. The summed E-state index contributed by atoms with van der Waals surface area (Å²) in [6.45, 7) is 1.44. The molecule has 0 amide bonds. The molecule has 0 spiro atoms. The van der Waals surface area contributed by atoms with Crippen LogP contribution in [0.4, 0.5) is 15.8 Å². The maximum Gasteiger partial charge on any atom is 0.137 e. The molecule has 0 bridgehead atoms. The fourth-order valence-electron chi connectivity index (χ4n) is 1.76. The van der Waals surface area contributed by atoms with E-state index in [2.05, 4.69) is 10.6 Å². The van der Waals surface area contributed by atoms with Crippen molar-refractivity contribution in [3.8, 4) is 5.75 Å². The Labute approximate surface area is 122 Å². The fraction of sp³-hybridized carbons (Fsp3) is 0.200. The minimum atomic E-state index is -0.235. The van der Waals surface area contributed by atoms with Crippen molar-refractivity contribution in [3.63, 3.8) is 0 Å². The normalized spacial score (nSPS) is 10.2. The first-order valence-electron chi connectivity index (χ1n) is 6.26. The summed E-state index contributed by atoms with van der Waals surface area (Å²) in [5, 5.41) is 7.01. The van der Waals surface area contributed by atoms with Gasteiger partial charge in [-0.25, -0.2) is 4.39 Å². The molecular weight excluding hydrogens is 279 g/mol. The summed E-state index contributed by atoms with van der Waals surface area (Å²) in [7, 11) is 1.58. The molecule has 0 aliphatic carbocycles. The maximum absolute atomic E-state index is 12.7. The highest BCUT2D eigenvalue weighted by molar-refractivity contribution is 6.32. The molecule has 0 saturated carbocycles. The highest BCUT2D eigenvalue weighted by atomic mass is 35.5.